The van der Waals surface area contributed by atoms with Crippen LogP contribution in [-0.2, 0) is 14.8 Å². The minimum atomic E-state index is -3.52. The Kier molecular flexibility index (Phi) is 6.18. The van der Waals surface area contributed by atoms with E-state index in [1.54, 1.807) is 12.1 Å². The van der Waals surface area contributed by atoms with Crippen LogP contribution in [0.5, 0.6) is 0 Å². The number of benzene rings is 2. The third kappa shape index (κ3) is 5.09. The molecule has 1 heterocycles. The van der Waals surface area contributed by atoms with Crippen molar-refractivity contribution in [1.29, 1.82) is 0 Å². The van der Waals surface area contributed by atoms with E-state index in [9.17, 15) is 13.2 Å². The smallest absolute Gasteiger partial charge is 0.243 e. The Morgan fingerprint density at radius 1 is 1.00 bits per heavy atom. The third-order valence-corrected chi connectivity index (χ3v) is 6.92. The SMILES string of the molecule is CC(=O)Nc1ccc(S(=O)(=O)N2CCC(Nc3ccc(Br)cc3)CC2)cc1. The lowest BCUT2D eigenvalue weighted by Crippen LogP contribution is -2.42. The zero-order valence-electron chi connectivity index (χ0n) is 15.0. The second-order valence-corrected chi connectivity index (χ2v) is 9.39. The third-order valence-electron chi connectivity index (χ3n) is 4.48. The molecule has 0 saturated carbocycles. The summed E-state index contributed by atoms with van der Waals surface area (Å²) >= 11 is 3.42. The van der Waals surface area contributed by atoms with Crippen molar-refractivity contribution in [1.82, 2.24) is 4.31 Å². The molecule has 1 fully saturated rings. The van der Waals surface area contributed by atoms with E-state index in [1.807, 2.05) is 24.3 Å². The number of hydrogen-bond donors (Lipinski definition) is 2. The van der Waals surface area contributed by atoms with Crippen LogP contribution >= 0.6 is 15.9 Å². The number of hydrogen-bond acceptors (Lipinski definition) is 4. The zero-order valence-corrected chi connectivity index (χ0v) is 17.4. The van der Waals surface area contributed by atoms with Gasteiger partial charge in [0.1, 0.15) is 0 Å². The van der Waals surface area contributed by atoms with Crippen LogP contribution in [0.15, 0.2) is 57.9 Å². The zero-order chi connectivity index (χ0) is 19.4. The fourth-order valence-corrected chi connectivity index (χ4v) is 4.82. The van der Waals surface area contributed by atoms with Gasteiger partial charge >= 0.3 is 0 Å². The number of sulfonamides is 1. The van der Waals surface area contributed by atoms with Gasteiger partial charge < -0.3 is 10.6 Å². The van der Waals surface area contributed by atoms with E-state index in [2.05, 4.69) is 26.6 Å². The van der Waals surface area contributed by atoms with Crippen LogP contribution in [0, 0.1) is 0 Å². The van der Waals surface area contributed by atoms with E-state index in [1.165, 1.54) is 23.4 Å². The number of nitrogens with zero attached hydrogens (tertiary/aromatic N) is 1. The number of piperidine rings is 1. The Morgan fingerprint density at radius 3 is 2.11 bits per heavy atom. The van der Waals surface area contributed by atoms with Gasteiger partial charge in [0, 0.05) is 41.9 Å². The molecule has 2 aromatic carbocycles. The minimum Gasteiger partial charge on any atom is -0.382 e. The second-order valence-electron chi connectivity index (χ2n) is 6.54. The van der Waals surface area contributed by atoms with Crippen LogP contribution in [0.25, 0.3) is 0 Å². The Morgan fingerprint density at radius 2 is 1.56 bits per heavy atom. The van der Waals surface area contributed by atoms with Gasteiger partial charge in [0.2, 0.25) is 15.9 Å². The van der Waals surface area contributed by atoms with Crippen molar-refractivity contribution in [3.63, 3.8) is 0 Å². The molecule has 1 saturated heterocycles. The highest BCUT2D eigenvalue weighted by molar-refractivity contribution is 9.10. The molecule has 0 unspecified atom stereocenters. The molecule has 2 aromatic rings. The molecule has 0 atom stereocenters. The predicted octanol–water partition coefficient (Wildman–Crippen LogP) is 3.67. The van der Waals surface area contributed by atoms with E-state index in [0.29, 0.717) is 18.8 Å². The normalized spacial score (nSPS) is 16.1. The highest BCUT2D eigenvalue weighted by Gasteiger charge is 2.29. The van der Waals surface area contributed by atoms with Crippen molar-refractivity contribution < 1.29 is 13.2 Å². The van der Waals surface area contributed by atoms with Gasteiger partial charge in [-0.2, -0.15) is 4.31 Å². The standard InChI is InChI=1S/C19H22BrN3O3S/c1-14(24)21-16-6-8-19(9-7-16)27(25,26)23-12-10-18(11-13-23)22-17-4-2-15(20)3-5-17/h2-9,18,22H,10-13H2,1H3,(H,21,24). The molecule has 27 heavy (non-hydrogen) atoms. The van der Waals surface area contributed by atoms with Gasteiger partial charge in [0.15, 0.2) is 0 Å². The van der Waals surface area contributed by atoms with E-state index >= 15 is 0 Å². The summed E-state index contributed by atoms with van der Waals surface area (Å²) < 4.78 is 28.2. The number of nitrogens with one attached hydrogen (secondary N) is 2. The summed E-state index contributed by atoms with van der Waals surface area (Å²) in [5, 5.41) is 6.10. The molecule has 1 amide bonds. The molecule has 0 bridgehead atoms. The van der Waals surface area contributed by atoms with Gasteiger partial charge in [-0.15, -0.1) is 0 Å². The maximum Gasteiger partial charge on any atom is 0.243 e. The Bertz CT molecular complexity index is 891. The first-order chi connectivity index (χ1) is 12.8. The molecule has 2 N–H and O–H groups in total. The molecule has 6 nitrogen and oxygen atoms in total. The van der Waals surface area contributed by atoms with Crippen molar-refractivity contribution in [3.05, 3.63) is 53.0 Å². The highest BCUT2D eigenvalue weighted by atomic mass is 79.9. The summed E-state index contributed by atoms with van der Waals surface area (Å²) in [6.45, 7) is 2.37. The van der Waals surface area contributed by atoms with Gasteiger partial charge in [-0.05, 0) is 61.4 Å². The summed E-state index contributed by atoms with van der Waals surface area (Å²) in [7, 11) is -3.52. The predicted molar refractivity (Wildman–Crippen MR) is 110 cm³/mol. The number of carbonyl (C=O) groups excluding carboxylic acids is 1. The average Bonchev–Trinajstić information content (AvgIpc) is 2.64. The van der Waals surface area contributed by atoms with E-state index in [0.717, 1.165) is 23.0 Å². The molecule has 8 heteroatoms. The molecule has 1 aliphatic heterocycles. The number of halogens is 1. The van der Waals surface area contributed by atoms with Crippen molar-refractivity contribution in [3.8, 4) is 0 Å². The van der Waals surface area contributed by atoms with Crippen LogP contribution in [-0.4, -0.2) is 37.8 Å². The number of rotatable bonds is 5. The molecular weight excluding hydrogens is 430 g/mol. The molecule has 0 aliphatic carbocycles. The lowest BCUT2D eigenvalue weighted by Gasteiger charge is -2.32. The van der Waals surface area contributed by atoms with Crippen LogP contribution in [0.1, 0.15) is 19.8 Å². The van der Waals surface area contributed by atoms with Crippen molar-refractivity contribution >= 4 is 43.2 Å². The van der Waals surface area contributed by atoms with Gasteiger partial charge in [0.05, 0.1) is 4.90 Å². The first kappa shape index (κ1) is 19.9. The number of amides is 1. The van der Waals surface area contributed by atoms with Crippen LogP contribution in [0.2, 0.25) is 0 Å². The average molecular weight is 452 g/mol. The van der Waals surface area contributed by atoms with Gasteiger partial charge in [0.25, 0.3) is 0 Å². The summed E-state index contributed by atoms with van der Waals surface area (Å²) in [6, 6.07) is 14.5. The van der Waals surface area contributed by atoms with Gasteiger partial charge in [-0.25, -0.2) is 8.42 Å². The lowest BCUT2D eigenvalue weighted by atomic mass is 10.1. The molecular formula is C19H22BrN3O3S. The monoisotopic (exact) mass is 451 g/mol. The summed E-state index contributed by atoms with van der Waals surface area (Å²) in [4.78, 5) is 11.3. The van der Waals surface area contributed by atoms with E-state index in [4.69, 9.17) is 0 Å². The van der Waals surface area contributed by atoms with E-state index in [-0.39, 0.29) is 16.8 Å². The van der Waals surface area contributed by atoms with E-state index < -0.39 is 10.0 Å². The fourth-order valence-electron chi connectivity index (χ4n) is 3.08. The molecule has 144 valence electrons. The Labute approximate surface area is 168 Å². The van der Waals surface area contributed by atoms with Crippen molar-refractivity contribution in [2.45, 2.75) is 30.7 Å². The first-order valence-corrected chi connectivity index (χ1v) is 11.0. The maximum absolute atomic E-state index is 12.8. The van der Waals surface area contributed by atoms with Crippen molar-refractivity contribution in [2.75, 3.05) is 23.7 Å². The molecule has 0 aromatic heterocycles. The number of anilines is 2. The Balaban J connectivity index is 1.60. The fraction of sp³-hybridized carbons (Fsp3) is 0.316. The van der Waals surface area contributed by atoms with Gasteiger partial charge in [-0.1, -0.05) is 15.9 Å². The van der Waals surface area contributed by atoms with Gasteiger partial charge in [-0.3, -0.25) is 4.79 Å². The highest BCUT2D eigenvalue weighted by Crippen LogP contribution is 2.24. The summed E-state index contributed by atoms with van der Waals surface area (Å²) in [5.41, 5.74) is 1.62. The molecule has 0 radical (unpaired) electrons. The molecule has 1 aliphatic rings. The largest absolute Gasteiger partial charge is 0.382 e. The summed E-state index contributed by atoms with van der Waals surface area (Å²) in [6.07, 6.45) is 1.50. The first-order valence-electron chi connectivity index (χ1n) is 8.74. The quantitative estimate of drug-likeness (QED) is 0.726. The van der Waals surface area contributed by atoms with Crippen LogP contribution < -0.4 is 10.6 Å². The second kappa shape index (κ2) is 8.41. The minimum absolute atomic E-state index is 0.189. The Hall–Kier alpha value is -1.90. The maximum atomic E-state index is 12.8. The van der Waals surface area contributed by atoms with Crippen LogP contribution in [0.3, 0.4) is 0 Å². The van der Waals surface area contributed by atoms with Crippen molar-refractivity contribution in [2.24, 2.45) is 0 Å². The topological polar surface area (TPSA) is 78.5 Å². The summed E-state index contributed by atoms with van der Waals surface area (Å²) in [5.74, 6) is -0.189. The molecule has 3 rings (SSSR count). The number of carbonyl (C=O) groups is 1. The lowest BCUT2D eigenvalue weighted by molar-refractivity contribution is -0.114. The molecule has 0 spiro atoms. The van der Waals surface area contributed by atoms with Crippen LogP contribution in [0.4, 0.5) is 11.4 Å².